The molecule has 1 rings (SSSR count). The zero-order valence-electron chi connectivity index (χ0n) is 9.67. The van der Waals surface area contributed by atoms with Crippen molar-refractivity contribution in [1.29, 1.82) is 0 Å². The van der Waals surface area contributed by atoms with Gasteiger partial charge in [-0.3, -0.25) is 4.68 Å². The van der Waals surface area contributed by atoms with Gasteiger partial charge in [-0.05, 0) is 30.9 Å². The first-order valence-corrected chi connectivity index (χ1v) is 5.22. The Bertz CT molecular complexity index is 280. The van der Waals surface area contributed by atoms with Crippen molar-refractivity contribution in [1.82, 2.24) is 15.1 Å². The maximum atomic E-state index is 4.19. The molecule has 14 heavy (non-hydrogen) atoms. The van der Waals surface area contributed by atoms with Crippen LogP contribution in [0.2, 0.25) is 0 Å². The van der Waals surface area contributed by atoms with E-state index in [4.69, 9.17) is 0 Å². The highest BCUT2D eigenvalue weighted by atomic mass is 15.2. The predicted molar refractivity (Wildman–Crippen MR) is 59.2 cm³/mol. The standard InChI is InChI=1S/C11H21N3/c1-5-11(2,9-12-3)6-10-7-13-14(4)8-10/h7-8,12H,5-6,9H2,1-4H3. The average molecular weight is 195 g/mol. The van der Waals surface area contributed by atoms with E-state index in [2.05, 4.69) is 30.5 Å². The summed E-state index contributed by atoms with van der Waals surface area (Å²) in [5, 5.41) is 7.45. The van der Waals surface area contributed by atoms with Gasteiger partial charge in [0.25, 0.3) is 0 Å². The summed E-state index contributed by atoms with van der Waals surface area (Å²) in [5.41, 5.74) is 1.67. The Hall–Kier alpha value is -0.830. The Labute approximate surface area is 86.5 Å². The molecule has 0 radical (unpaired) electrons. The first kappa shape index (κ1) is 11.2. The van der Waals surface area contributed by atoms with Crippen LogP contribution in [0.3, 0.4) is 0 Å². The zero-order valence-corrected chi connectivity index (χ0v) is 9.67. The molecule has 0 saturated heterocycles. The molecular weight excluding hydrogens is 174 g/mol. The molecule has 0 aliphatic heterocycles. The average Bonchev–Trinajstić information content (AvgIpc) is 2.51. The molecular formula is C11H21N3. The van der Waals surface area contributed by atoms with Crippen LogP contribution in [0.25, 0.3) is 0 Å². The SMILES string of the molecule is CCC(C)(CNC)Cc1cnn(C)c1. The Balaban J connectivity index is 2.64. The number of rotatable bonds is 5. The maximum Gasteiger partial charge on any atom is 0.0521 e. The molecule has 0 saturated carbocycles. The molecule has 80 valence electrons. The van der Waals surface area contributed by atoms with Crippen LogP contribution in [0.5, 0.6) is 0 Å². The van der Waals surface area contributed by atoms with E-state index in [-0.39, 0.29) is 0 Å². The summed E-state index contributed by atoms with van der Waals surface area (Å²) < 4.78 is 1.87. The molecule has 0 amide bonds. The summed E-state index contributed by atoms with van der Waals surface area (Å²) >= 11 is 0. The lowest BCUT2D eigenvalue weighted by molar-refractivity contribution is 0.299. The molecule has 1 atom stereocenters. The molecule has 3 nitrogen and oxygen atoms in total. The lowest BCUT2D eigenvalue weighted by Gasteiger charge is -2.27. The minimum Gasteiger partial charge on any atom is -0.319 e. The third-order valence-corrected chi connectivity index (χ3v) is 2.85. The van der Waals surface area contributed by atoms with Crippen LogP contribution in [0.1, 0.15) is 25.8 Å². The van der Waals surface area contributed by atoms with Crippen LogP contribution in [-0.2, 0) is 13.5 Å². The van der Waals surface area contributed by atoms with E-state index in [0.29, 0.717) is 5.41 Å². The van der Waals surface area contributed by atoms with Gasteiger partial charge in [0.15, 0.2) is 0 Å². The molecule has 0 spiro atoms. The fourth-order valence-electron chi connectivity index (χ4n) is 1.80. The molecule has 1 aromatic rings. The zero-order chi connectivity index (χ0) is 10.6. The number of aryl methyl sites for hydroxylation is 1. The van der Waals surface area contributed by atoms with Crippen LogP contribution < -0.4 is 5.32 Å². The number of nitrogens with one attached hydrogen (secondary N) is 1. The van der Waals surface area contributed by atoms with E-state index in [1.165, 1.54) is 12.0 Å². The maximum absolute atomic E-state index is 4.19. The molecule has 3 heteroatoms. The van der Waals surface area contributed by atoms with Gasteiger partial charge < -0.3 is 5.32 Å². The van der Waals surface area contributed by atoms with Gasteiger partial charge in [-0.15, -0.1) is 0 Å². The summed E-state index contributed by atoms with van der Waals surface area (Å²) in [6.45, 7) is 5.61. The molecule has 0 aromatic carbocycles. The van der Waals surface area contributed by atoms with Gasteiger partial charge in [0, 0.05) is 19.8 Å². The predicted octanol–water partition coefficient (Wildman–Crippen LogP) is 1.60. The van der Waals surface area contributed by atoms with Gasteiger partial charge in [0.2, 0.25) is 0 Å². The minimum atomic E-state index is 0.345. The highest BCUT2D eigenvalue weighted by molar-refractivity contribution is 5.07. The van der Waals surface area contributed by atoms with E-state index in [9.17, 15) is 0 Å². The van der Waals surface area contributed by atoms with Crippen molar-refractivity contribution in [2.75, 3.05) is 13.6 Å². The monoisotopic (exact) mass is 195 g/mol. The normalized spacial score (nSPS) is 15.4. The van der Waals surface area contributed by atoms with E-state index in [1.807, 2.05) is 25.0 Å². The highest BCUT2D eigenvalue weighted by Gasteiger charge is 2.22. The first-order valence-electron chi connectivity index (χ1n) is 5.22. The van der Waals surface area contributed by atoms with Gasteiger partial charge in [-0.1, -0.05) is 13.8 Å². The second-order valence-corrected chi connectivity index (χ2v) is 4.39. The van der Waals surface area contributed by atoms with Crippen LogP contribution in [0.15, 0.2) is 12.4 Å². The summed E-state index contributed by atoms with van der Waals surface area (Å²) in [6.07, 6.45) is 6.34. The Morgan fingerprint density at radius 3 is 2.71 bits per heavy atom. The van der Waals surface area contributed by atoms with Crippen molar-refractivity contribution in [3.8, 4) is 0 Å². The number of nitrogens with zero attached hydrogens (tertiary/aromatic N) is 2. The van der Waals surface area contributed by atoms with Crippen LogP contribution in [0, 0.1) is 5.41 Å². The quantitative estimate of drug-likeness (QED) is 0.773. The molecule has 0 fully saturated rings. The van der Waals surface area contributed by atoms with Gasteiger partial charge >= 0.3 is 0 Å². The van der Waals surface area contributed by atoms with Gasteiger partial charge in [-0.2, -0.15) is 5.10 Å². The van der Waals surface area contributed by atoms with Crippen molar-refractivity contribution < 1.29 is 0 Å². The van der Waals surface area contributed by atoms with E-state index < -0.39 is 0 Å². The summed E-state index contributed by atoms with van der Waals surface area (Å²) in [4.78, 5) is 0. The first-order chi connectivity index (χ1) is 6.59. The number of aromatic nitrogens is 2. The smallest absolute Gasteiger partial charge is 0.0521 e. The van der Waals surface area contributed by atoms with Crippen molar-refractivity contribution >= 4 is 0 Å². The molecule has 1 N–H and O–H groups in total. The van der Waals surface area contributed by atoms with E-state index in [0.717, 1.165) is 13.0 Å². The largest absolute Gasteiger partial charge is 0.319 e. The van der Waals surface area contributed by atoms with Crippen molar-refractivity contribution in [3.63, 3.8) is 0 Å². The second kappa shape index (κ2) is 4.60. The van der Waals surface area contributed by atoms with Gasteiger partial charge in [0.1, 0.15) is 0 Å². The molecule has 0 bridgehead atoms. The van der Waals surface area contributed by atoms with Crippen LogP contribution >= 0.6 is 0 Å². The lowest BCUT2D eigenvalue weighted by Crippen LogP contribution is -2.31. The fourth-order valence-corrected chi connectivity index (χ4v) is 1.80. The molecule has 0 aliphatic carbocycles. The van der Waals surface area contributed by atoms with Crippen molar-refractivity contribution in [3.05, 3.63) is 18.0 Å². The summed E-state index contributed by atoms with van der Waals surface area (Å²) in [5.74, 6) is 0. The van der Waals surface area contributed by atoms with Crippen LogP contribution in [0.4, 0.5) is 0 Å². The highest BCUT2D eigenvalue weighted by Crippen LogP contribution is 2.25. The Kier molecular flexibility index (Phi) is 3.69. The van der Waals surface area contributed by atoms with Gasteiger partial charge in [-0.25, -0.2) is 0 Å². The fraction of sp³-hybridized carbons (Fsp3) is 0.727. The van der Waals surface area contributed by atoms with Gasteiger partial charge in [0.05, 0.1) is 6.20 Å². The Morgan fingerprint density at radius 2 is 2.29 bits per heavy atom. The molecule has 0 aliphatic rings. The number of hydrogen-bond donors (Lipinski definition) is 1. The number of hydrogen-bond acceptors (Lipinski definition) is 2. The topological polar surface area (TPSA) is 29.9 Å². The molecule has 1 heterocycles. The summed E-state index contributed by atoms with van der Waals surface area (Å²) in [7, 11) is 3.97. The summed E-state index contributed by atoms with van der Waals surface area (Å²) in [6, 6.07) is 0. The van der Waals surface area contributed by atoms with E-state index >= 15 is 0 Å². The molecule has 1 unspecified atom stereocenters. The second-order valence-electron chi connectivity index (χ2n) is 4.39. The van der Waals surface area contributed by atoms with Crippen LogP contribution in [-0.4, -0.2) is 23.4 Å². The third-order valence-electron chi connectivity index (χ3n) is 2.85. The van der Waals surface area contributed by atoms with E-state index in [1.54, 1.807) is 0 Å². The lowest BCUT2D eigenvalue weighted by atomic mass is 9.82. The molecule has 1 aromatic heterocycles. The third kappa shape index (κ3) is 2.84. The minimum absolute atomic E-state index is 0.345. The van der Waals surface area contributed by atoms with Crippen molar-refractivity contribution in [2.24, 2.45) is 12.5 Å². The van der Waals surface area contributed by atoms with Crippen molar-refractivity contribution in [2.45, 2.75) is 26.7 Å². The Morgan fingerprint density at radius 1 is 1.57 bits per heavy atom.